The molecule has 1 fully saturated rings. The van der Waals surface area contributed by atoms with E-state index in [2.05, 4.69) is 4.98 Å². The first-order chi connectivity index (χ1) is 5.47. The minimum Gasteiger partial charge on any atom is -0.352 e. The predicted octanol–water partition coefficient (Wildman–Crippen LogP) is 1.13. The largest absolute Gasteiger partial charge is 0.352 e. The quantitative estimate of drug-likeness (QED) is 0.602. The molecule has 0 spiro atoms. The van der Waals surface area contributed by atoms with Gasteiger partial charge in [-0.05, 0) is 12.1 Å². The van der Waals surface area contributed by atoms with E-state index >= 15 is 0 Å². The van der Waals surface area contributed by atoms with Crippen molar-refractivity contribution < 1.29 is 9.47 Å². The molecule has 1 aromatic heterocycles. The van der Waals surface area contributed by atoms with Crippen molar-refractivity contribution in [3.63, 3.8) is 0 Å². The molecule has 3 nitrogen and oxygen atoms in total. The summed E-state index contributed by atoms with van der Waals surface area (Å²) in [5.41, 5.74) is 0.949. The maximum absolute atomic E-state index is 5.25. The van der Waals surface area contributed by atoms with Crippen molar-refractivity contribution in [2.45, 2.75) is 6.10 Å². The van der Waals surface area contributed by atoms with Gasteiger partial charge in [0, 0.05) is 6.20 Å². The van der Waals surface area contributed by atoms with E-state index in [4.69, 9.17) is 9.47 Å². The average Bonchev–Trinajstić information content (AvgIpc) is 2.58. The second-order valence-electron chi connectivity index (χ2n) is 2.40. The van der Waals surface area contributed by atoms with Crippen LogP contribution in [0, 0.1) is 0 Å². The number of nitrogens with zero attached hydrogens (tertiary/aromatic N) is 1. The summed E-state index contributed by atoms with van der Waals surface area (Å²) >= 11 is 0. The fraction of sp³-hybridized carbons (Fsp3) is 0.375. The van der Waals surface area contributed by atoms with E-state index in [1.165, 1.54) is 0 Å². The van der Waals surface area contributed by atoms with Crippen molar-refractivity contribution in [1.29, 1.82) is 0 Å². The molecule has 1 atom stereocenters. The standard InChI is InChI=1S/C8H9NO2/c1-2-4-9-7(3-1)8-5-10-6-11-8/h1-4,8H,5-6H2. The van der Waals surface area contributed by atoms with Gasteiger partial charge in [-0.2, -0.15) is 0 Å². The van der Waals surface area contributed by atoms with Crippen LogP contribution in [0.5, 0.6) is 0 Å². The SMILES string of the molecule is c1ccc(C2COCO2)nc1. The van der Waals surface area contributed by atoms with Gasteiger partial charge in [-0.15, -0.1) is 0 Å². The second-order valence-corrected chi connectivity index (χ2v) is 2.40. The van der Waals surface area contributed by atoms with Crippen LogP contribution in [-0.4, -0.2) is 18.4 Å². The van der Waals surface area contributed by atoms with E-state index in [-0.39, 0.29) is 6.10 Å². The lowest BCUT2D eigenvalue weighted by Gasteiger charge is -2.04. The number of aromatic nitrogens is 1. The summed E-state index contributed by atoms with van der Waals surface area (Å²) in [6.07, 6.45) is 1.80. The third kappa shape index (κ3) is 1.39. The molecule has 1 unspecified atom stereocenters. The van der Waals surface area contributed by atoms with Crippen LogP contribution in [0.1, 0.15) is 11.8 Å². The zero-order chi connectivity index (χ0) is 7.52. The lowest BCUT2D eigenvalue weighted by Crippen LogP contribution is -2.01. The fourth-order valence-corrected chi connectivity index (χ4v) is 1.07. The number of hydrogen-bond donors (Lipinski definition) is 0. The molecular weight excluding hydrogens is 142 g/mol. The van der Waals surface area contributed by atoms with Crippen LogP contribution in [-0.2, 0) is 9.47 Å². The van der Waals surface area contributed by atoms with Crippen LogP contribution in [0.15, 0.2) is 24.4 Å². The molecule has 1 saturated heterocycles. The topological polar surface area (TPSA) is 31.4 Å². The van der Waals surface area contributed by atoms with Gasteiger partial charge in [-0.3, -0.25) is 4.98 Å². The molecule has 0 amide bonds. The van der Waals surface area contributed by atoms with Gasteiger partial charge in [0.2, 0.25) is 0 Å². The van der Waals surface area contributed by atoms with E-state index in [1.807, 2.05) is 18.2 Å². The molecule has 0 saturated carbocycles. The Bertz CT molecular complexity index is 219. The summed E-state index contributed by atoms with van der Waals surface area (Å²) in [7, 11) is 0. The summed E-state index contributed by atoms with van der Waals surface area (Å²) < 4.78 is 10.3. The van der Waals surface area contributed by atoms with Gasteiger partial charge < -0.3 is 9.47 Å². The molecule has 1 aliphatic rings. The van der Waals surface area contributed by atoms with Crippen molar-refractivity contribution >= 4 is 0 Å². The molecule has 2 rings (SSSR count). The average molecular weight is 151 g/mol. The van der Waals surface area contributed by atoms with Crippen molar-refractivity contribution in [1.82, 2.24) is 4.98 Å². The smallest absolute Gasteiger partial charge is 0.147 e. The number of hydrogen-bond acceptors (Lipinski definition) is 3. The van der Waals surface area contributed by atoms with E-state index in [9.17, 15) is 0 Å². The Morgan fingerprint density at radius 1 is 1.45 bits per heavy atom. The summed E-state index contributed by atoms with van der Waals surface area (Å²) in [5, 5.41) is 0. The zero-order valence-electron chi connectivity index (χ0n) is 6.06. The third-order valence-corrected chi connectivity index (χ3v) is 1.64. The third-order valence-electron chi connectivity index (χ3n) is 1.64. The summed E-state index contributed by atoms with van der Waals surface area (Å²) in [6, 6.07) is 5.78. The molecule has 0 N–H and O–H groups in total. The van der Waals surface area contributed by atoms with Gasteiger partial charge in [0.25, 0.3) is 0 Å². The number of ether oxygens (including phenoxy) is 2. The molecule has 0 radical (unpaired) electrons. The normalized spacial score (nSPS) is 23.8. The van der Waals surface area contributed by atoms with Crippen LogP contribution < -0.4 is 0 Å². The minimum atomic E-state index is 0.0381. The van der Waals surface area contributed by atoms with Gasteiger partial charge in [0.1, 0.15) is 12.9 Å². The minimum absolute atomic E-state index is 0.0381. The molecule has 3 heteroatoms. The van der Waals surface area contributed by atoms with Crippen LogP contribution in [0.4, 0.5) is 0 Å². The molecule has 1 aromatic rings. The highest BCUT2D eigenvalue weighted by molar-refractivity contribution is 5.07. The Labute approximate surface area is 65.0 Å². The Morgan fingerprint density at radius 2 is 2.45 bits per heavy atom. The first-order valence-corrected chi connectivity index (χ1v) is 3.57. The lowest BCUT2D eigenvalue weighted by atomic mass is 10.2. The molecule has 1 aliphatic heterocycles. The summed E-state index contributed by atoms with van der Waals surface area (Å²) in [4.78, 5) is 4.16. The van der Waals surface area contributed by atoms with Gasteiger partial charge in [-0.25, -0.2) is 0 Å². The van der Waals surface area contributed by atoms with Crippen LogP contribution >= 0.6 is 0 Å². The van der Waals surface area contributed by atoms with Crippen LogP contribution in [0.25, 0.3) is 0 Å². The van der Waals surface area contributed by atoms with Gasteiger partial charge >= 0.3 is 0 Å². The Kier molecular flexibility index (Phi) is 1.83. The molecule has 0 aliphatic carbocycles. The highest BCUT2D eigenvalue weighted by Crippen LogP contribution is 2.19. The van der Waals surface area contributed by atoms with E-state index in [0.717, 1.165) is 5.69 Å². The number of rotatable bonds is 1. The number of pyridine rings is 1. The van der Waals surface area contributed by atoms with E-state index in [0.29, 0.717) is 13.4 Å². The first-order valence-electron chi connectivity index (χ1n) is 3.57. The highest BCUT2D eigenvalue weighted by atomic mass is 16.7. The van der Waals surface area contributed by atoms with E-state index in [1.54, 1.807) is 6.20 Å². The van der Waals surface area contributed by atoms with E-state index < -0.39 is 0 Å². The molecule has 0 aromatic carbocycles. The van der Waals surface area contributed by atoms with Crippen molar-refractivity contribution in [2.24, 2.45) is 0 Å². The van der Waals surface area contributed by atoms with Gasteiger partial charge in [0.05, 0.1) is 12.3 Å². The van der Waals surface area contributed by atoms with Crippen LogP contribution in [0.3, 0.4) is 0 Å². The van der Waals surface area contributed by atoms with Crippen molar-refractivity contribution in [3.05, 3.63) is 30.1 Å². The molecule has 58 valence electrons. The molecule has 0 bridgehead atoms. The first kappa shape index (κ1) is 6.76. The highest BCUT2D eigenvalue weighted by Gasteiger charge is 2.18. The van der Waals surface area contributed by atoms with Gasteiger partial charge in [-0.1, -0.05) is 6.07 Å². The maximum Gasteiger partial charge on any atom is 0.147 e. The Hall–Kier alpha value is -0.930. The zero-order valence-corrected chi connectivity index (χ0v) is 6.06. The predicted molar refractivity (Wildman–Crippen MR) is 38.9 cm³/mol. The molecular formula is C8H9NO2. The van der Waals surface area contributed by atoms with Crippen molar-refractivity contribution in [3.8, 4) is 0 Å². The molecule has 2 heterocycles. The Balaban J connectivity index is 2.16. The Morgan fingerprint density at radius 3 is 3.09 bits per heavy atom. The fourth-order valence-electron chi connectivity index (χ4n) is 1.07. The van der Waals surface area contributed by atoms with Gasteiger partial charge in [0.15, 0.2) is 0 Å². The summed E-state index contributed by atoms with van der Waals surface area (Å²) in [5.74, 6) is 0. The second kappa shape index (κ2) is 2.98. The molecule has 11 heavy (non-hydrogen) atoms. The maximum atomic E-state index is 5.25. The van der Waals surface area contributed by atoms with Crippen molar-refractivity contribution in [2.75, 3.05) is 13.4 Å². The monoisotopic (exact) mass is 151 g/mol. The summed E-state index contributed by atoms with van der Waals surface area (Å²) in [6.45, 7) is 1.01. The lowest BCUT2D eigenvalue weighted by molar-refractivity contribution is 0.0455. The van der Waals surface area contributed by atoms with Crippen LogP contribution in [0.2, 0.25) is 0 Å².